The molecule has 102 heavy (non-hydrogen) atoms. The van der Waals surface area contributed by atoms with Crippen molar-refractivity contribution in [3.8, 4) is 0 Å². The number of hydrogen-bond acceptors (Lipinski definition) is 31. The minimum absolute atomic E-state index is 0.0248. The quantitative estimate of drug-likeness (QED) is 0.0331. The fourth-order valence-corrected chi connectivity index (χ4v) is 13.2. The maximum absolute atomic E-state index is 15.0. The molecular formula is C60H97N11O31. The number of ether oxygens (including phenoxy) is 8. The van der Waals surface area contributed by atoms with Crippen LogP contribution in [0, 0.1) is 0 Å². The third-order valence-corrected chi connectivity index (χ3v) is 18.8. The van der Waals surface area contributed by atoms with E-state index in [1.807, 2.05) is 0 Å². The van der Waals surface area contributed by atoms with Crippen LogP contribution in [-0.4, -0.2) is 371 Å². The molecule has 7 aliphatic rings. The number of primary amides is 1. The molecule has 7 fully saturated rings. The van der Waals surface area contributed by atoms with Crippen molar-refractivity contribution >= 4 is 65.0 Å². The van der Waals surface area contributed by atoms with Crippen LogP contribution in [-0.2, 0) is 90.6 Å². The molecule has 0 aromatic carbocycles. The molecule has 11 amide bonds. The first-order chi connectivity index (χ1) is 48.2. The predicted octanol–water partition coefficient (Wildman–Crippen LogP) is -13.5. The topological polar surface area (TPSA) is 624 Å². The van der Waals surface area contributed by atoms with Gasteiger partial charge in [-0.3, -0.25) is 52.7 Å². The van der Waals surface area contributed by atoms with Crippen LogP contribution >= 0.6 is 0 Å². The highest BCUT2D eigenvalue weighted by atomic mass is 16.8. The lowest BCUT2D eigenvalue weighted by Crippen LogP contribution is -2.70. The highest BCUT2D eigenvalue weighted by molar-refractivity contribution is 5.98. The van der Waals surface area contributed by atoms with Crippen LogP contribution in [0.25, 0.3) is 0 Å². The van der Waals surface area contributed by atoms with Gasteiger partial charge in [-0.2, -0.15) is 0 Å². The first kappa shape index (κ1) is 82.7. The highest BCUT2D eigenvalue weighted by Gasteiger charge is 2.56. The first-order valence-corrected chi connectivity index (χ1v) is 33.5. The van der Waals surface area contributed by atoms with Gasteiger partial charge in [0, 0.05) is 40.4 Å². The normalized spacial score (nSPS) is 35.5. The number of aliphatic hydroxyl groups excluding tert-OH is 12. The van der Waals surface area contributed by atoms with Crippen molar-refractivity contribution in [1.29, 1.82) is 0 Å². The fourth-order valence-electron chi connectivity index (χ4n) is 13.2. The SMILES string of the molecule is CC(=O)N[C@@H]1C(O[C@@H]2OC(CO)[C@H](O)C(O)[C@@H]2O)[C@@H](O)C(CO[C@@H]2OC(CO)[C@@H](O[C@@H]3OC(CO)[C@H](O)C(O)[C@@H]3O)C(O)[C@@H]2NC(C)=O)O[C@@H]1OC(C)C(NC(=O)C(CO)NC(=O)CNC(=O)C1CCCN1C(C)=O)C(=O)NC(C)C(=O)N1CCCC1C(=O)N1CCCC1C(=O)NC(C)C(N)=O. The van der Waals surface area contributed by atoms with Crippen molar-refractivity contribution in [1.82, 2.24) is 51.9 Å². The van der Waals surface area contributed by atoms with Gasteiger partial charge in [0.25, 0.3) is 0 Å². The maximum Gasteiger partial charge on any atom is 0.246 e. The zero-order valence-electron chi connectivity index (χ0n) is 56.8. The van der Waals surface area contributed by atoms with Crippen LogP contribution in [0.2, 0.25) is 0 Å². The van der Waals surface area contributed by atoms with Crippen LogP contribution in [0.1, 0.15) is 80.1 Å². The highest BCUT2D eigenvalue weighted by Crippen LogP contribution is 2.35. The van der Waals surface area contributed by atoms with Crippen molar-refractivity contribution in [2.45, 2.75) is 251 Å². The molecule has 0 aliphatic carbocycles. The molecular weight excluding hydrogens is 1370 g/mol. The number of nitrogens with zero attached hydrogens (tertiary/aromatic N) is 3. The van der Waals surface area contributed by atoms with Gasteiger partial charge in [0.05, 0.1) is 45.7 Å². The summed E-state index contributed by atoms with van der Waals surface area (Å²) in [5, 5.41) is 146. The minimum atomic E-state index is -2.20. The van der Waals surface area contributed by atoms with Crippen molar-refractivity contribution < 1.29 is 152 Å². The second-order valence-electron chi connectivity index (χ2n) is 26.1. The molecule has 578 valence electrons. The monoisotopic (exact) mass is 1470 g/mol. The Hall–Kier alpha value is -6.63. The molecule has 0 bridgehead atoms. The summed E-state index contributed by atoms with van der Waals surface area (Å²) in [6.45, 7) is 1.44. The van der Waals surface area contributed by atoms with Gasteiger partial charge in [0.1, 0.15) is 140 Å². The predicted molar refractivity (Wildman–Crippen MR) is 334 cm³/mol. The van der Waals surface area contributed by atoms with E-state index in [-0.39, 0.29) is 45.3 Å². The fraction of sp³-hybridized carbons (Fsp3) is 0.817. The minimum Gasteiger partial charge on any atom is -0.394 e. The molecule has 42 heteroatoms. The van der Waals surface area contributed by atoms with Gasteiger partial charge >= 0.3 is 0 Å². The lowest BCUT2D eigenvalue weighted by Gasteiger charge is -2.49. The Morgan fingerprint density at radius 1 is 0.510 bits per heavy atom. The molecule has 21 N–H and O–H groups in total. The summed E-state index contributed by atoms with van der Waals surface area (Å²) in [5.41, 5.74) is 5.35. The van der Waals surface area contributed by atoms with Gasteiger partial charge in [0.15, 0.2) is 25.2 Å². The summed E-state index contributed by atoms with van der Waals surface area (Å²) >= 11 is 0. The molecule has 7 rings (SSSR count). The van der Waals surface area contributed by atoms with E-state index in [9.17, 15) is 109 Å². The number of likely N-dealkylation sites (tertiary alicyclic amines) is 3. The van der Waals surface area contributed by atoms with Crippen molar-refractivity contribution in [2.24, 2.45) is 5.73 Å². The lowest BCUT2D eigenvalue weighted by molar-refractivity contribution is -0.359. The van der Waals surface area contributed by atoms with Gasteiger partial charge in [0.2, 0.25) is 65.0 Å². The summed E-state index contributed by atoms with van der Waals surface area (Å²) in [7, 11) is 0. The summed E-state index contributed by atoms with van der Waals surface area (Å²) in [6.07, 6.45) is -35.1. The third kappa shape index (κ3) is 19.6. The second kappa shape index (κ2) is 36.9. The maximum atomic E-state index is 15.0. The molecule has 7 saturated heterocycles. The van der Waals surface area contributed by atoms with E-state index in [1.54, 1.807) is 0 Å². The van der Waals surface area contributed by atoms with Gasteiger partial charge < -0.3 is 157 Å². The van der Waals surface area contributed by atoms with Gasteiger partial charge in [-0.05, 0) is 59.3 Å². The molecule has 28 atom stereocenters. The van der Waals surface area contributed by atoms with Crippen LogP contribution in [0.5, 0.6) is 0 Å². The number of aliphatic hydroxyl groups is 12. The van der Waals surface area contributed by atoms with E-state index in [0.29, 0.717) is 12.8 Å². The van der Waals surface area contributed by atoms with Gasteiger partial charge in [-0.1, -0.05) is 0 Å². The number of carbonyl (C=O) groups excluding carboxylic acids is 11. The summed E-state index contributed by atoms with van der Waals surface area (Å²) < 4.78 is 47.7. The molecule has 0 aromatic heterocycles. The van der Waals surface area contributed by atoms with Crippen LogP contribution in [0.4, 0.5) is 0 Å². The molecule has 0 spiro atoms. The Morgan fingerprint density at radius 2 is 1.02 bits per heavy atom. The number of amides is 11. The Kier molecular flexibility index (Phi) is 29.9. The molecule has 0 saturated carbocycles. The van der Waals surface area contributed by atoms with Crippen LogP contribution in [0.3, 0.4) is 0 Å². The summed E-state index contributed by atoms with van der Waals surface area (Å²) in [5.74, 6) is -9.49. The lowest BCUT2D eigenvalue weighted by atomic mass is 9.94. The second-order valence-corrected chi connectivity index (χ2v) is 26.1. The van der Waals surface area contributed by atoms with Crippen molar-refractivity contribution in [3.05, 3.63) is 0 Å². The Labute approximate surface area is 583 Å². The van der Waals surface area contributed by atoms with Crippen molar-refractivity contribution in [3.63, 3.8) is 0 Å². The molecule has 7 heterocycles. The van der Waals surface area contributed by atoms with E-state index in [4.69, 9.17) is 43.6 Å². The van der Waals surface area contributed by atoms with E-state index in [0.717, 1.165) is 20.8 Å². The average molecular weight is 1470 g/mol. The Morgan fingerprint density at radius 3 is 1.56 bits per heavy atom. The number of nitrogens with one attached hydrogen (secondary N) is 7. The van der Waals surface area contributed by atoms with Gasteiger partial charge in [-0.25, -0.2) is 0 Å². The molecule has 0 aromatic rings. The number of carbonyl (C=O) groups is 11. The average Bonchev–Trinajstić information content (AvgIpc) is 1.31. The van der Waals surface area contributed by atoms with E-state index in [1.165, 1.54) is 35.5 Å². The molecule has 42 nitrogen and oxygen atoms in total. The molecule has 16 unspecified atom stereocenters. The van der Waals surface area contributed by atoms with Gasteiger partial charge in [-0.15, -0.1) is 0 Å². The Balaban J connectivity index is 1.20. The van der Waals surface area contributed by atoms with E-state index >= 15 is 4.79 Å². The largest absolute Gasteiger partial charge is 0.394 e. The van der Waals surface area contributed by atoms with E-state index in [2.05, 4.69) is 37.2 Å². The summed E-state index contributed by atoms with van der Waals surface area (Å²) in [6, 6.07) is -13.5. The smallest absolute Gasteiger partial charge is 0.246 e. The molecule has 0 radical (unpaired) electrons. The zero-order chi connectivity index (χ0) is 75.5. The third-order valence-electron chi connectivity index (χ3n) is 18.8. The summed E-state index contributed by atoms with van der Waals surface area (Å²) in [4.78, 5) is 152. The first-order valence-electron chi connectivity index (χ1n) is 33.5. The standard InChI is InChI=1S/C60H97N11O31/c1-22(50(61)88)63-53(91)30-11-8-14-70(30)56(94)31-12-9-15-71(31)55(93)23(2)64-54(92)37(68-51(89)28(17-72)67-36(79)16-62-52(90)29-10-7-13-69(29)27(6)78)24(3)96-58-39(66-26(5)77)49(102-60-47(87)45(85)41(81)33(19-74)98-60)42(82)35(100-58)21-95-57-38(65-25(4)76)43(83)48(34(20-75)99-57)101-59-46(86)44(84)40(80)32(18-73)97-59/h22-24,28-35,37-49,57-60,72-75,80-87H,7-21H2,1-6H3,(H2,61,88)(H,62,90)(H,63,91)(H,64,92)(H,65,76)(H,66,77)(H,67,79)(H,68,89)/t22?,23?,24?,28?,29?,30?,31?,32?,33?,34?,35?,37?,38-,39+,40-,41-,42-,43?,44?,45?,46-,47-,48+,49?,57+,58-,59-,60-/m0/s1. The number of hydrogen-bond donors (Lipinski definition) is 20. The number of rotatable bonds is 29. The van der Waals surface area contributed by atoms with E-state index < -0.39 is 276 Å². The van der Waals surface area contributed by atoms with Crippen molar-refractivity contribution in [2.75, 3.05) is 59.2 Å². The van der Waals surface area contributed by atoms with Crippen LogP contribution < -0.4 is 43.0 Å². The number of nitrogens with two attached hydrogens (primary N) is 1. The molecule has 7 aliphatic heterocycles. The van der Waals surface area contributed by atoms with Crippen LogP contribution in [0.15, 0.2) is 0 Å². The Bertz CT molecular complexity index is 2950. The zero-order valence-corrected chi connectivity index (χ0v) is 56.8.